The van der Waals surface area contributed by atoms with Gasteiger partial charge in [0, 0.05) is 12.8 Å². The Morgan fingerprint density at radius 1 is 1.04 bits per heavy atom. The predicted molar refractivity (Wildman–Crippen MR) is 96.3 cm³/mol. The number of Topliss-reactive ketones (excluding diaryl/α,β-unsaturated/α-hetero) is 1. The summed E-state index contributed by atoms with van der Waals surface area (Å²) in [4.78, 5) is 22.5. The molecule has 3 nitrogen and oxygen atoms in total. The van der Waals surface area contributed by atoms with Crippen molar-refractivity contribution in [3.63, 3.8) is 0 Å². The molecule has 0 aromatic heterocycles. The summed E-state index contributed by atoms with van der Waals surface area (Å²) in [6.45, 7) is 8.41. The average Bonchev–Trinajstić information content (AvgIpc) is 2.49. The van der Waals surface area contributed by atoms with Crippen LogP contribution >= 0.6 is 0 Å². The molecule has 0 radical (unpaired) electrons. The molecule has 0 bridgehead atoms. The SMILES string of the molecule is CCC(C/C=C/CCCCCCC(C)=O)CC(=O)OCC(C)C. The van der Waals surface area contributed by atoms with E-state index in [-0.39, 0.29) is 5.97 Å². The van der Waals surface area contributed by atoms with E-state index in [2.05, 4.69) is 19.1 Å². The van der Waals surface area contributed by atoms with Gasteiger partial charge in [-0.3, -0.25) is 4.79 Å². The summed E-state index contributed by atoms with van der Waals surface area (Å²) >= 11 is 0. The van der Waals surface area contributed by atoms with Gasteiger partial charge in [-0.1, -0.05) is 52.2 Å². The van der Waals surface area contributed by atoms with Gasteiger partial charge >= 0.3 is 5.97 Å². The van der Waals surface area contributed by atoms with Gasteiger partial charge < -0.3 is 9.53 Å². The Labute approximate surface area is 142 Å². The van der Waals surface area contributed by atoms with Crippen LogP contribution < -0.4 is 0 Å². The quantitative estimate of drug-likeness (QED) is 0.241. The van der Waals surface area contributed by atoms with Gasteiger partial charge in [-0.25, -0.2) is 0 Å². The van der Waals surface area contributed by atoms with Crippen LogP contribution in [0.2, 0.25) is 0 Å². The van der Waals surface area contributed by atoms with Gasteiger partial charge in [0.15, 0.2) is 0 Å². The van der Waals surface area contributed by atoms with E-state index in [9.17, 15) is 9.59 Å². The molecule has 1 atom stereocenters. The van der Waals surface area contributed by atoms with Crippen molar-refractivity contribution >= 4 is 11.8 Å². The van der Waals surface area contributed by atoms with Crippen molar-refractivity contribution in [3.05, 3.63) is 12.2 Å². The van der Waals surface area contributed by atoms with Crippen molar-refractivity contribution in [2.24, 2.45) is 11.8 Å². The maximum absolute atomic E-state index is 11.7. The summed E-state index contributed by atoms with van der Waals surface area (Å²) in [6, 6.07) is 0. The zero-order valence-corrected chi connectivity index (χ0v) is 15.6. The summed E-state index contributed by atoms with van der Waals surface area (Å²) in [5, 5.41) is 0. The van der Waals surface area contributed by atoms with Crippen molar-refractivity contribution in [3.8, 4) is 0 Å². The smallest absolute Gasteiger partial charge is 0.306 e. The minimum absolute atomic E-state index is 0.0654. The van der Waals surface area contributed by atoms with E-state index in [1.807, 2.05) is 13.8 Å². The van der Waals surface area contributed by atoms with Crippen molar-refractivity contribution in [2.45, 2.75) is 85.5 Å². The Kier molecular flexibility index (Phi) is 13.8. The third-order valence-electron chi connectivity index (χ3n) is 3.90. The van der Waals surface area contributed by atoms with Crippen molar-refractivity contribution in [1.29, 1.82) is 0 Å². The molecule has 0 amide bonds. The van der Waals surface area contributed by atoms with Crippen molar-refractivity contribution in [2.75, 3.05) is 6.61 Å². The normalized spacial score (nSPS) is 12.7. The molecule has 23 heavy (non-hydrogen) atoms. The second kappa shape index (κ2) is 14.5. The molecule has 0 saturated carbocycles. The molecule has 0 saturated heterocycles. The minimum Gasteiger partial charge on any atom is -0.465 e. The third-order valence-corrected chi connectivity index (χ3v) is 3.90. The predicted octanol–water partition coefficient (Wildman–Crippen LogP) is 5.48. The molecule has 0 aliphatic rings. The first-order valence-electron chi connectivity index (χ1n) is 9.25. The second-order valence-corrected chi connectivity index (χ2v) is 6.92. The van der Waals surface area contributed by atoms with Gasteiger partial charge in [-0.15, -0.1) is 0 Å². The Bertz CT molecular complexity index is 345. The maximum atomic E-state index is 11.7. The highest BCUT2D eigenvalue weighted by Gasteiger charge is 2.12. The average molecular weight is 325 g/mol. The number of ketones is 1. The topological polar surface area (TPSA) is 43.4 Å². The van der Waals surface area contributed by atoms with Crippen LogP contribution in [0.15, 0.2) is 12.2 Å². The Hall–Kier alpha value is -1.12. The molecule has 1 unspecified atom stereocenters. The summed E-state index contributed by atoms with van der Waals surface area (Å²) in [7, 11) is 0. The number of carbonyl (C=O) groups excluding carboxylic acids is 2. The molecular formula is C20H36O3. The molecule has 0 fully saturated rings. The van der Waals surface area contributed by atoms with Crippen LogP contribution in [0.3, 0.4) is 0 Å². The molecular weight excluding hydrogens is 288 g/mol. The highest BCUT2D eigenvalue weighted by Crippen LogP contribution is 2.16. The largest absolute Gasteiger partial charge is 0.465 e. The lowest BCUT2D eigenvalue weighted by Crippen LogP contribution is -2.13. The molecule has 0 aliphatic heterocycles. The number of hydrogen-bond acceptors (Lipinski definition) is 3. The van der Waals surface area contributed by atoms with Crippen LogP contribution in [-0.4, -0.2) is 18.4 Å². The van der Waals surface area contributed by atoms with Gasteiger partial charge in [-0.2, -0.15) is 0 Å². The van der Waals surface area contributed by atoms with Gasteiger partial charge in [-0.05, 0) is 44.4 Å². The van der Waals surface area contributed by atoms with Crippen LogP contribution in [0.4, 0.5) is 0 Å². The molecule has 0 spiro atoms. The first-order valence-corrected chi connectivity index (χ1v) is 9.25. The lowest BCUT2D eigenvalue weighted by Gasteiger charge is -2.13. The molecule has 0 rings (SSSR count). The molecule has 0 aromatic carbocycles. The fourth-order valence-corrected chi connectivity index (χ4v) is 2.34. The highest BCUT2D eigenvalue weighted by atomic mass is 16.5. The number of carbonyl (C=O) groups is 2. The molecule has 0 aliphatic carbocycles. The second-order valence-electron chi connectivity index (χ2n) is 6.92. The Morgan fingerprint density at radius 3 is 2.35 bits per heavy atom. The highest BCUT2D eigenvalue weighted by molar-refractivity contribution is 5.75. The zero-order valence-electron chi connectivity index (χ0n) is 15.6. The van der Waals surface area contributed by atoms with Crippen molar-refractivity contribution < 1.29 is 14.3 Å². The van der Waals surface area contributed by atoms with Crippen LogP contribution in [0.5, 0.6) is 0 Å². The Balaban J connectivity index is 3.68. The van der Waals surface area contributed by atoms with E-state index in [1.54, 1.807) is 6.92 Å². The number of rotatable bonds is 14. The van der Waals surface area contributed by atoms with Crippen LogP contribution in [0.25, 0.3) is 0 Å². The number of esters is 1. The van der Waals surface area contributed by atoms with E-state index in [1.165, 1.54) is 12.8 Å². The van der Waals surface area contributed by atoms with Crippen LogP contribution in [-0.2, 0) is 14.3 Å². The summed E-state index contributed by atoms with van der Waals surface area (Å²) in [6.07, 6.45) is 13.3. The molecule has 134 valence electrons. The number of unbranched alkanes of at least 4 members (excludes halogenated alkanes) is 4. The fraction of sp³-hybridized carbons (Fsp3) is 0.800. The van der Waals surface area contributed by atoms with E-state index >= 15 is 0 Å². The minimum atomic E-state index is -0.0654. The fourth-order valence-electron chi connectivity index (χ4n) is 2.34. The molecule has 0 N–H and O–H groups in total. The molecule has 0 aromatic rings. The van der Waals surface area contributed by atoms with Gasteiger partial charge in [0.05, 0.1) is 6.61 Å². The van der Waals surface area contributed by atoms with Gasteiger partial charge in [0.1, 0.15) is 5.78 Å². The standard InChI is InChI=1S/C20H36O3/c1-5-19(15-20(22)23-16-17(2)3)14-12-10-8-6-7-9-11-13-18(4)21/h10,12,17,19H,5-9,11,13-16H2,1-4H3/b12-10+. The lowest BCUT2D eigenvalue weighted by atomic mass is 9.98. The first-order chi connectivity index (χ1) is 11.0. The number of ether oxygens (including phenoxy) is 1. The summed E-state index contributed by atoms with van der Waals surface area (Å²) in [5.41, 5.74) is 0. The summed E-state index contributed by atoms with van der Waals surface area (Å²) in [5.74, 6) is 1.02. The monoisotopic (exact) mass is 324 g/mol. The third kappa shape index (κ3) is 15.5. The van der Waals surface area contributed by atoms with E-state index < -0.39 is 0 Å². The van der Waals surface area contributed by atoms with E-state index in [0.29, 0.717) is 30.6 Å². The molecule has 3 heteroatoms. The van der Waals surface area contributed by atoms with Crippen LogP contribution in [0.1, 0.15) is 85.5 Å². The van der Waals surface area contributed by atoms with Crippen LogP contribution in [0, 0.1) is 11.8 Å². The summed E-state index contributed by atoms with van der Waals surface area (Å²) < 4.78 is 5.25. The van der Waals surface area contributed by atoms with E-state index in [0.717, 1.165) is 38.5 Å². The zero-order chi connectivity index (χ0) is 17.5. The Morgan fingerprint density at radius 2 is 1.74 bits per heavy atom. The molecule has 0 heterocycles. The lowest BCUT2D eigenvalue weighted by molar-refractivity contribution is -0.145. The van der Waals surface area contributed by atoms with Gasteiger partial charge in [0.25, 0.3) is 0 Å². The van der Waals surface area contributed by atoms with E-state index in [4.69, 9.17) is 4.74 Å². The maximum Gasteiger partial charge on any atom is 0.306 e. The van der Waals surface area contributed by atoms with Gasteiger partial charge in [0.2, 0.25) is 0 Å². The number of allylic oxidation sites excluding steroid dienone is 2. The number of hydrogen-bond donors (Lipinski definition) is 0. The first kappa shape index (κ1) is 21.9. The van der Waals surface area contributed by atoms with Crippen molar-refractivity contribution in [1.82, 2.24) is 0 Å².